The van der Waals surface area contributed by atoms with Gasteiger partial charge in [-0.1, -0.05) is 32.0 Å². The Labute approximate surface area is 127 Å². The molecule has 0 aliphatic heterocycles. The van der Waals surface area contributed by atoms with Crippen LogP contribution in [0.4, 0.5) is 0 Å². The number of nitrogens with zero attached hydrogens (tertiary/aromatic N) is 1. The van der Waals surface area contributed by atoms with Crippen molar-refractivity contribution in [2.24, 2.45) is 0 Å². The molecule has 112 valence electrons. The molecule has 1 heterocycles. The summed E-state index contributed by atoms with van der Waals surface area (Å²) in [5, 5.41) is 3.55. The number of rotatable bonds is 8. The van der Waals surface area contributed by atoms with Gasteiger partial charge >= 0.3 is 0 Å². The number of benzene rings is 1. The SMILES string of the molecule is CCCOc1cccc(C(Cc2cccnc2)NCC)c1. The molecule has 1 atom stereocenters. The van der Waals surface area contributed by atoms with Crippen molar-refractivity contribution in [2.75, 3.05) is 13.2 Å². The highest BCUT2D eigenvalue weighted by Crippen LogP contribution is 2.22. The molecule has 0 amide bonds. The lowest BCUT2D eigenvalue weighted by atomic mass is 9.99. The molecule has 1 unspecified atom stereocenters. The Bertz CT molecular complexity index is 528. The van der Waals surface area contributed by atoms with Crippen molar-refractivity contribution >= 4 is 0 Å². The zero-order chi connectivity index (χ0) is 14.9. The number of hydrogen-bond acceptors (Lipinski definition) is 3. The number of likely N-dealkylation sites (N-methyl/N-ethyl adjacent to an activating group) is 1. The van der Waals surface area contributed by atoms with E-state index in [9.17, 15) is 0 Å². The number of hydrogen-bond donors (Lipinski definition) is 1. The van der Waals surface area contributed by atoms with E-state index in [1.807, 2.05) is 24.5 Å². The third kappa shape index (κ3) is 4.87. The molecule has 0 saturated heterocycles. The summed E-state index contributed by atoms with van der Waals surface area (Å²) in [6.45, 7) is 5.95. The van der Waals surface area contributed by atoms with E-state index in [0.29, 0.717) is 0 Å². The maximum atomic E-state index is 5.73. The fourth-order valence-corrected chi connectivity index (χ4v) is 2.35. The van der Waals surface area contributed by atoms with Crippen molar-refractivity contribution in [2.45, 2.75) is 32.7 Å². The summed E-state index contributed by atoms with van der Waals surface area (Å²) < 4.78 is 5.73. The van der Waals surface area contributed by atoms with Crippen molar-refractivity contribution in [3.8, 4) is 5.75 Å². The molecule has 0 aliphatic rings. The third-order valence-electron chi connectivity index (χ3n) is 3.35. The molecule has 0 saturated carbocycles. The summed E-state index contributed by atoms with van der Waals surface area (Å²) in [7, 11) is 0. The molecule has 3 heteroatoms. The second kappa shape index (κ2) is 8.42. The van der Waals surface area contributed by atoms with E-state index in [1.165, 1.54) is 11.1 Å². The Balaban J connectivity index is 2.13. The van der Waals surface area contributed by atoms with Crippen molar-refractivity contribution in [1.82, 2.24) is 10.3 Å². The summed E-state index contributed by atoms with van der Waals surface area (Å²) >= 11 is 0. The van der Waals surface area contributed by atoms with Gasteiger partial charge in [-0.3, -0.25) is 4.98 Å². The predicted molar refractivity (Wildman–Crippen MR) is 86.6 cm³/mol. The minimum Gasteiger partial charge on any atom is -0.494 e. The minimum atomic E-state index is 0.282. The van der Waals surface area contributed by atoms with Crippen LogP contribution in [0.25, 0.3) is 0 Å². The minimum absolute atomic E-state index is 0.282. The second-order valence-corrected chi connectivity index (χ2v) is 5.10. The first-order valence-electron chi connectivity index (χ1n) is 7.68. The van der Waals surface area contributed by atoms with Gasteiger partial charge in [-0.05, 0) is 48.7 Å². The molecular formula is C18H24N2O. The maximum Gasteiger partial charge on any atom is 0.119 e. The topological polar surface area (TPSA) is 34.1 Å². The zero-order valence-electron chi connectivity index (χ0n) is 12.9. The average Bonchev–Trinajstić information content (AvgIpc) is 2.54. The molecular weight excluding hydrogens is 260 g/mol. The molecule has 21 heavy (non-hydrogen) atoms. The van der Waals surface area contributed by atoms with Gasteiger partial charge in [-0.2, -0.15) is 0 Å². The van der Waals surface area contributed by atoms with Gasteiger partial charge in [0.05, 0.1) is 6.61 Å². The Morgan fingerprint density at radius 2 is 2.10 bits per heavy atom. The van der Waals surface area contributed by atoms with E-state index in [0.717, 1.165) is 31.7 Å². The number of nitrogens with one attached hydrogen (secondary N) is 1. The van der Waals surface area contributed by atoms with Gasteiger partial charge in [0.1, 0.15) is 5.75 Å². The second-order valence-electron chi connectivity index (χ2n) is 5.10. The highest BCUT2D eigenvalue weighted by atomic mass is 16.5. The summed E-state index contributed by atoms with van der Waals surface area (Å²) in [5.41, 5.74) is 2.50. The molecule has 1 aromatic heterocycles. The van der Waals surface area contributed by atoms with Gasteiger partial charge in [0.25, 0.3) is 0 Å². The molecule has 0 fully saturated rings. The number of aromatic nitrogens is 1. The van der Waals surface area contributed by atoms with Crippen LogP contribution in [-0.4, -0.2) is 18.1 Å². The van der Waals surface area contributed by atoms with Crippen molar-refractivity contribution in [3.63, 3.8) is 0 Å². The van der Waals surface area contributed by atoms with Crippen LogP contribution < -0.4 is 10.1 Å². The van der Waals surface area contributed by atoms with Crippen LogP contribution in [0, 0.1) is 0 Å². The molecule has 2 rings (SSSR count). The lowest BCUT2D eigenvalue weighted by molar-refractivity contribution is 0.316. The van der Waals surface area contributed by atoms with Gasteiger partial charge in [0.2, 0.25) is 0 Å². The largest absolute Gasteiger partial charge is 0.494 e. The predicted octanol–water partition coefficient (Wildman–Crippen LogP) is 3.76. The maximum absolute atomic E-state index is 5.73. The molecule has 1 N–H and O–H groups in total. The summed E-state index contributed by atoms with van der Waals surface area (Å²) in [6.07, 6.45) is 5.70. The summed E-state index contributed by atoms with van der Waals surface area (Å²) in [6, 6.07) is 12.8. The van der Waals surface area contributed by atoms with Crippen LogP contribution in [0.3, 0.4) is 0 Å². The Morgan fingerprint density at radius 3 is 2.81 bits per heavy atom. The van der Waals surface area contributed by atoms with Gasteiger partial charge < -0.3 is 10.1 Å². The van der Waals surface area contributed by atoms with Crippen molar-refractivity contribution in [1.29, 1.82) is 0 Å². The molecule has 0 radical (unpaired) electrons. The zero-order valence-corrected chi connectivity index (χ0v) is 12.9. The van der Waals surface area contributed by atoms with E-state index in [1.54, 1.807) is 0 Å². The Kier molecular flexibility index (Phi) is 6.22. The molecule has 0 bridgehead atoms. The first-order valence-corrected chi connectivity index (χ1v) is 7.68. The first-order chi connectivity index (χ1) is 10.3. The van der Waals surface area contributed by atoms with E-state index in [-0.39, 0.29) is 6.04 Å². The average molecular weight is 284 g/mol. The van der Waals surface area contributed by atoms with Crippen LogP contribution in [-0.2, 0) is 6.42 Å². The fourth-order valence-electron chi connectivity index (χ4n) is 2.35. The Morgan fingerprint density at radius 1 is 1.19 bits per heavy atom. The van der Waals surface area contributed by atoms with Crippen molar-refractivity contribution < 1.29 is 4.74 Å². The van der Waals surface area contributed by atoms with Crippen LogP contribution in [0.5, 0.6) is 5.75 Å². The van der Waals surface area contributed by atoms with E-state index < -0.39 is 0 Å². The third-order valence-corrected chi connectivity index (χ3v) is 3.35. The quantitative estimate of drug-likeness (QED) is 0.801. The summed E-state index contributed by atoms with van der Waals surface area (Å²) in [5.74, 6) is 0.948. The van der Waals surface area contributed by atoms with E-state index >= 15 is 0 Å². The lowest BCUT2D eigenvalue weighted by Gasteiger charge is -2.19. The molecule has 3 nitrogen and oxygen atoms in total. The van der Waals surface area contributed by atoms with Gasteiger partial charge in [0, 0.05) is 18.4 Å². The van der Waals surface area contributed by atoms with Gasteiger partial charge in [-0.25, -0.2) is 0 Å². The molecule has 2 aromatic rings. The van der Waals surface area contributed by atoms with Crippen molar-refractivity contribution in [3.05, 3.63) is 59.9 Å². The van der Waals surface area contributed by atoms with Gasteiger partial charge in [-0.15, -0.1) is 0 Å². The fraction of sp³-hybridized carbons (Fsp3) is 0.389. The van der Waals surface area contributed by atoms with Crippen LogP contribution in [0.15, 0.2) is 48.8 Å². The number of ether oxygens (including phenoxy) is 1. The first kappa shape index (κ1) is 15.5. The summed E-state index contributed by atoms with van der Waals surface area (Å²) in [4.78, 5) is 4.20. The lowest BCUT2D eigenvalue weighted by Crippen LogP contribution is -2.23. The van der Waals surface area contributed by atoms with E-state index in [4.69, 9.17) is 4.74 Å². The molecule has 1 aromatic carbocycles. The van der Waals surface area contributed by atoms with Crippen LogP contribution in [0.2, 0.25) is 0 Å². The van der Waals surface area contributed by atoms with E-state index in [2.05, 4.69) is 48.4 Å². The monoisotopic (exact) mass is 284 g/mol. The highest BCUT2D eigenvalue weighted by Gasteiger charge is 2.12. The van der Waals surface area contributed by atoms with Crippen LogP contribution in [0.1, 0.15) is 37.4 Å². The molecule has 0 spiro atoms. The standard InChI is InChI=1S/C18H24N2O/c1-3-11-21-17-9-5-8-16(13-17)18(20-4-2)12-15-7-6-10-19-14-15/h5-10,13-14,18,20H,3-4,11-12H2,1-2H3. The van der Waals surface area contributed by atoms with Crippen LogP contribution >= 0.6 is 0 Å². The smallest absolute Gasteiger partial charge is 0.119 e. The Hall–Kier alpha value is -1.87. The highest BCUT2D eigenvalue weighted by molar-refractivity contribution is 5.31. The molecule has 0 aliphatic carbocycles. The normalized spacial score (nSPS) is 12.1. The number of pyridine rings is 1. The van der Waals surface area contributed by atoms with Gasteiger partial charge in [0.15, 0.2) is 0 Å².